The Labute approximate surface area is 101 Å². The van der Waals surface area contributed by atoms with Gasteiger partial charge < -0.3 is 15.9 Å². The highest BCUT2D eigenvalue weighted by Gasteiger charge is 2.20. The summed E-state index contributed by atoms with van der Waals surface area (Å²) in [5, 5.41) is 20.0. The third-order valence-electron chi connectivity index (χ3n) is 2.48. The van der Waals surface area contributed by atoms with Crippen molar-refractivity contribution in [1.82, 2.24) is 0 Å². The standard InChI is InChI=1S/C12H18ClNO2/c1-7(2)5-11(16)12(14)9-6-8(13)3-4-10(9)15/h3-4,6-7,11-12,15-16H,5,14H2,1-2H3/t11-,12+/m0/s1. The van der Waals surface area contributed by atoms with Gasteiger partial charge in [0, 0.05) is 10.6 Å². The second-order valence-electron chi connectivity index (χ2n) is 4.43. The number of halogens is 1. The minimum Gasteiger partial charge on any atom is -0.508 e. The average Bonchev–Trinajstić information content (AvgIpc) is 2.19. The summed E-state index contributed by atoms with van der Waals surface area (Å²) in [5.41, 5.74) is 6.37. The molecule has 1 rings (SSSR count). The van der Waals surface area contributed by atoms with Crippen molar-refractivity contribution < 1.29 is 10.2 Å². The molecular weight excluding hydrogens is 226 g/mol. The van der Waals surface area contributed by atoms with E-state index in [1.807, 2.05) is 13.8 Å². The van der Waals surface area contributed by atoms with E-state index in [2.05, 4.69) is 0 Å². The number of aromatic hydroxyl groups is 1. The molecule has 1 aromatic carbocycles. The van der Waals surface area contributed by atoms with E-state index >= 15 is 0 Å². The Kier molecular flexibility index (Phi) is 4.59. The zero-order valence-corrected chi connectivity index (χ0v) is 10.3. The van der Waals surface area contributed by atoms with Crippen molar-refractivity contribution in [2.24, 2.45) is 11.7 Å². The highest BCUT2D eigenvalue weighted by Crippen LogP contribution is 2.29. The van der Waals surface area contributed by atoms with Crippen molar-refractivity contribution in [2.75, 3.05) is 0 Å². The van der Waals surface area contributed by atoms with Crippen LogP contribution < -0.4 is 5.73 Å². The highest BCUT2D eigenvalue weighted by atomic mass is 35.5. The van der Waals surface area contributed by atoms with Crippen molar-refractivity contribution in [1.29, 1.82) is 0 Å². The van der Waals surface area contributed by atoms with Crippen LogP contribution >= 0.6 is 11.6 Å². The van der Waals surface area contributed by atoms with Crippen molar-refractivity contribution in [2.45, 2.75) is 32.4 Å². The van der Waals surface area contributed by atoms with Crippen molar-refractivity contribution in [3.63, 3.8) is 0 Å². The summed E-state index contributed by atoms with van der Waals surface area (Å²) in [4.78, 5) is 0. The van der Waals surface area contributed by atoms with E-state index in [1.165, 1.54) is 6.07 Å². The van der Waals surface area contributed by atoms with Gasteiger partial charge in [-0.2, -0.15) is 0 Å². The quantitative estimate of drug-likeness (QED) is 0.761. The number of aliphatic hydroxyl groups is 1. The van der Waals surface area contributed by atoms with Crippen LogP contribution in [0.15, 0.2) is 18.2 Å². The number of phenols is 1. The Bertz CT molecular complexity index is 355. The summed E-state index contributed by atoms with van der Waals surface area (Å²) < 4.78 is 0. The molecule has 4 heteroatoms. The smallest absolute Gasteiger partial charge is 0.120 e. The van der Waals surface area contributed by atoms with Gasteiger partial charge >= 0.3 is 0 Å². The number of nitrogens with two attached hydrogens (primary N) is 1. The van der Waals surface area contributed by atoms with Crippen LogP contribution in [-0.4, -0.2) is 16.3 Å². The van der Waals surface area contributed by atoms with E-state index in [4.69, 9.17) is 17.3 Å². The summed E-state index contributed by atoms with van der Waals surface area (Å²) in [6.07, 6.45) is -0.0861. The molecule has 90 valence electrons. The molecule has 1 aromatic rings. The van der Waals surface area contributed by atoms with E-state index in [1.54, 1.807) is 12.1 Å². The predicted molar refractivity (Wildman–Crippen MR) is 65.5 cm³/mol. The van der Waals surface area contributed by atoms with Crippen LogP contribution in [0.25, 0.3) is 0 Å². The Morgan fingerprint density at radius 1 is 1.38 bits per heavy atom. The lowest BCUT2D eigenvalue weighted by Gasteiger charge is -2.21. The topological polar surface area (TPSA) is 66.5 Å². The van der Waals surface area contributed by atoms with Crippen molar-refractivity contribution >= 4 is 11.6 Å². The first-order valence-electron chi connectivity index (χ1n) is 5.34. The lowest BCUT2D eigenvalue weighted by Crippen LogP contribution is -2.27. The molecule has 3 nitrogen and oxygen atoms in total. The van der Waals surface area contributed by atoms with Gasteiger partial charge in [-0.15, -0.1) is 0 Å². The fraction of sp³-hybridized carbons (Fsp3) is 0.500. The van der Waals surface area contributed by atoms with Crippen LogP contribution in [0.3, 0.4) is 0 Å². The summed E-state index contributed by atoms with van der Waals surface area (Å²) in [7, 11) is 0. The summed E-state index contributed by atoms with van der Waals surface area (Å²) >= 11 is 5.82. The normalized spacial score (nSPS) is 15.1. The lowest BCUT2D eigenvalue weighted by atomic mass is 9.95. The zero-order chi connectivity index (χ0) is 12.3. The molecule has 0 unspecified atom stereocenters. The van der Waals surface area contributed by atoms with Gasteiger partial charge in [-0.1, -0.05) is 25.4 Å². The maximum absolute atomic E-state index is 9.88. The van der Waals surface area contributed by atoms with Gasteiger partial charge in [-0.05, 0) is 30.5 Å². The second kappa shape index (κ2) is 5.53. The molecule has 0 aliphatic carbocycles. The molecule has 0 heterocycles. The van der Waals surface area contributed by atoms with Gasteiger partial charge in [0.25, 0.3) is 0 Å². The van der Waals surface area contributed by atoms with E-state index in [-0.39, 0.29) is 5.75 Å². The number of benzene rings is 1. The summed E-state index contributed by atoms with van der Waals surface area (Å²) in [6.45, 7) is 4.02. The predicted octanol–water partition coefficient (Wildman–Crippen LogP) is 2.45. The molecule has 0 fully saturated rings. The Morgan fingerprint density at radius 3 is 2.56 bits per heavy atom. The van der Waals surface area contributed by atoms with Gasteiger partial charge in [-0.3, -0.25) is 0 Å². The minimum atomic E-state index is -0.677. The molecule has 0 spiro atoms. The highest BCUT2D eigenvalue weighted by molar-refractivity contribution is 6.30. The molecule has 0 saturated carbocycles. The molecule has 0 saturated heterocycles. The summed E-state index contributed by atoms with van der Waals surface area (Å²) in [5.74, 6) is 0.419. The SMILES string of the molecule is CC(C)C[C@H](O)[C@H](N)c1cc(Cl)ccc1O. The number of aliphatic hydroxyl groups excluding tert-OH is 1. The third-order valence-corrected chi connectivity index (χ3v) is 2.71. The monoisotopic (exact) mass is 243 g/mol. The van der Waals surface area contributed by atoms with Crippen molar-refractivity contribution in [3.8, 4) is 5.75 Å². The van der Waals surface area contributed by atoms with Crippen LogP contribution in [0.4, 0.5) is 0 Å². The van der Waals surface area contributed by atoms with Crippen LogP contribution in [0, 0.1) is 5.92 Å². The van der Waals surface area contributed by atoms with Crippen LogP contribution in [0.5, 0.6) is 5.75 Å². The molecule has 0 aliphatic heterocycles. The molecule has 16 heavy (non-hydrogen) atoms. The fourth-order valence-electron chi connectivity index (χ4n) is 1.63. The molecular formula is C12H18ClNO2. The maximum atomic E-state index is 9.88. The number of rotatable bonds is 4. The fourth-order valence-corrected chi connectivity index (χ4v) is 1.81. The first kappa shape index (κ1) is 13.3. The lowest BCUT2D eigenvalue weighted by molar-refractivity contribution is 0.120. The second-order valence-corrected chi connectivity index (χ2v) is 4.86. The zero-order valence-electron chi connectivity index (χ0n) is 9.52. The molecule has 4 N–H and O–H groups in total. The van der Waals surface area contributed by atoms with Crippen LogP contribution in [0.1, 0.15) is 31.9 Å². The first-order chi connectivity index (χ1) is 7.41. The Balaban J connectivity index is 2.86. The summed E-state index contributed by atoms with van der Waals surface area (Å²) in [6, 6.07) is 4.05. The molecule has 2 atom stereocenters. The molecule has 0 bridgehead atoms. The van der Waals surface area contributed by atoms with Crippen LogP contribution in [0.2, 0.25) is 5.02 Å². The van der Waals surface area contributed by atoms with E-state index in [0.29, 0.717) is 22.9 Å². The van der Waals surface area contributed by atoms with Gasteiger partial charge in [0.1, 0.15) is 5.75 Å². The van der Waals surface area contributed by atoms with Gasteiger partial charge in [0.15, 0.2) is 0 Å². The largest absolute Gasteiger partial charge is 0.508 e. The van der Waals surface area contributed by atoms with Crippen molar-refractivity contribution in [3.05, 3.63) is 28.8 Å². The first-order valence-corrected chi connectivity index (χ1v) is 5.71. The van der Waals surface area contributed by atoms with Gasteiger partial charge in [0.2, 0.25) is 0 Å². The van der Waals surface area contributed by atoms with E-state index in [0.717, 1.165) is 0 Å². The van der Waals surface area contributed by atoms with Gasteiger partial charge in [-0.25, -0.2) is 0 Å². The average molecular weight is 244 g/mol. The molecule has 0 radical (unpaired) electrons. The van der Waals surface area contributed by atoms with E-state index < -0.39 is 12.1 Å². The Morgan fingerprint density at radius 2 is 2.00 bits per heavy atom. The van der Waals surface area contributed by atoms with Gasteiger partial charge in [0.05, 0.1) is 12.1 Å². The number of phenolic OH excluding ortho intramolecular Hbond substituents is 1. The minimum absolute atomic E-state index is 0.0692. The molecule has 0 aromatic heterocycles. The Hall–Kier alpha value is -0.770. The maximum Gasteiger partial charge on any atom is 0.120 e. The van der Waals surface area contributed by atoms with Crippen LogP contribution in [-0.2, 0) is 0 Å². The third kappa shape index (κ3) is 3.37. The molecule has 0 amide bonds. The van der Waals surface area contributed by atoms with E-state index in [9.17, 15) is 10.2 Å². The number of hydrogen-bond acceptors (Lipinski definition) is 3. The molecule has 0 aliphatic rings. The number of hydrogen-bond donors (Lipinski definition) is 3.